The molecule has 20 rings (SSSR count). The summed E-state index contributed by atoms with van der Waals surface area (Å²) in [7, 11) is -6.65. The predicted octanol–water partition coefficient (Wildman–Crippen LogP) is 17.9. The average Bonchev–Trinajstić information content (AvgIpc) is 1.43. The number of halogens is 40. The van der Waals surface area contributed by atoms with Gasteiger partial charge in [-0.15, -0.1) is 0 Å². The maximum absolute atomic E-state index is 18.3. The second-order valence-corrected chi connectivity index (χ2v) is 33.2. The number of nitrogens with one attached hydrogen (secondary N) is 5. The standard InChI is InChI=1S/C89H22F40N8P/c1-16-14-23-34(42-52(94)68(110)82(124)69(111)53(42)95)21-6-4-19(131-21)32(40-48(90)64(106)80(122)65(107)49(40)91)17-2-3-18(130-17)33(41-50(92)66(108)81(123)67(109)51(41)93)20-5-7-22(132-20)35(43-54(96)70(112)83(125)71(113)55(43)97)24-15-31-89(134-24)39(47-62(104)78(120)87(129)79(121)63(47)105)30-13-11-28-37(45-58(100)74(116)85(127)75(117)59(45)101)26-9-8-25-36(44-56(98)72(114)84(126)73(115)57(44)99)27-10-12-29(136(27)138(31,135(25)26)137(28)30)38(88(16)133-23)46-60(102)76(118)86(128)77(119)61(46)103/h2-15,130-134H,1H3/q+1/b32-17?,32-19+,33-18?,33-20+,34-21+,34-23?,35-22+,35-24?,38-29-,88-38?. The van der Waals surface area contributed by atoms with Crippen LogP contribution in [-0.4, -0.2) is 37.9 Å². The number of hydrogen-bond donors (Lipinski definition) is 5. The van der Waals surface area contributed by atoms with Gasteiger partial charge in [-0.3, -0.25) is 0 Å². The molecular formula is C89H22F40N8P+. The zero-order valence-electron chi connectivity index (χ0n) is 65.5. The molecule has 0 fully saturated rings. The normalized spacial score (nSPS) is 16.4. The number of aromatic amines is 5. The molecule has 4 aliphatic heterocycles. The molecule has 702 valence electrons. The van der Waals surface area contributed by atoms with Gasteiger partial charge in [-0.25, -0.2) is 176 Å². The Morgan fingerprint density at radius 1 is 0.174 bits per heavy atom. The second kappa shape index (κ2) is 30.5. The van der Waals surface area contributed by atoms with Crippen molar-refractivity contribution in [2.75, 3.05) is 0 Å². The van der Waals surface area contributed by atoms with Crippen molar-refractivity contribution in [1.82, 2.24) is 37.9 Å². The van der Waals surface area contributed by atoms with Crippen molar-refractivity contribution in [2.45, 2.75) is 6.92 Å². The molecule has 138 heavy (non-hydrogen) atoms. The summed E-state index contributed by atoms with van der Waals surface area (Å²) in [6, 6.07) is 3.46. The fourth-order valence-electron chi connectivity index (χ4n) is 17.7. The summed E-state index contributed by atoms with van der Waals surface area (Å²) in [5.74, 6) is -124. The first-order valence-corrected chi connectivity index (χ1v) is 39.5. The number of benzene rings is 8. The van der Waals surface area contributed by atoms with Gasteiger partial charge >= 0.3 is 7.71 Å². The highest BCUT2D eigenvalue weighted by Gasteiger charge is 2.63. The minimum absolute atomic E-state index is 0.0387. The first kappa shape index (κ1) is 90.4. The molecule has 8 aromatic carbocycles. The molecule has 0 saturated heterocycles. The van der Waals surface area contributed by atoms with E-state index in [4.69, 9.17) is 0 Å². The summed E-state index contributed by atoms with van der Waals surface area (Å²) in [6.07, 6.45) is 0. The van der Waals surface area contributed by atoms with E-state index in [1.807, 2.05) is 4.98 Å². The van der Waals surface area contributed by atoms with Crippen LogP contribution in [0.1, 0.15) is 95.6 Å². The van der Waals surface area contributed by atoms with E-state index in [2.05, 4.69) is 19.9 Å². The Morgan fingerprint density at radius 2 is 0.370 bits per heavy atom. The van der Waals surface area contributed by atoms with Gasteiger partial charge in [0, 0.05) is 89.1 Å². The molecule has 4 aliphatic rings. The van der Waals surface area contributed by atoms with E-state index in [-0.39, 0.29) is 67.6 Å². The van der Waals surface area contributed by atoms with Crippen molar-refractivity contribution in [3.05, 3.63) is 456 Å². The predicted molar refractivity (Wildman–Crippen MR) is 394 cm³/mol. The van der Waals surface area contributed by atoms with Gasteiger partial charge in [-0.2, -0.15) is 13.0 Å². The van der Waals surface area contributed by atoms with E-state index >= 15 is 176 Å². The molecule has 1 spiro atoms. The van der Waals surface area contributed by atoms with Gasteiger partial charge in [0.1, 0.15) is 0 Å². The largest absolute Gasteiger partial charge is 0.354 e. The van der Waals surface area contributed by atoms with Gasteiger partial charge in [-0.1, -0.05) is 0 Å². The van der Waals surface area contributed by atoms with E-state index in [0.29, 0.717) is 37.3 Å². The summed E-state index contributed by atoms with van der Waals surface area (Å²) < 4.78 is 671. The molecule has 8 nitrogen and oxygen atoms in total. The number of fused-ring (bicyclic) bond motifs is 9. The minimum atomic E-state index is -6.65. The summed E-state index contributed by atoms with van der Waals surface area (Å²) in [5.41, 5.74) is -48.1. The monoisotopic (exact) mass is 1990 g/mol. The molecular weight excluding hydrogens is 1970 g/mol. The molecule has 5 N–H and O–H groups in total. The molecule has 0 amide bonds. The molecule has 1 unspecified atom stereocenters. The lowest BCUT2D eigenvalue weighted by atomic mass is 9.98. The van der Waals surface area contributed by atoms with Gasteiger partial charge in [-0.05, 0) is 91.3 Å². The van der Waals surface area contributed by atoms with Crippen molar-refractivity contribution in [3.8, 4) is 0 Å². The van der Waals surface area contributed by atoms with Crippen molar-refractivity contribution in [3.63, 3.8) is 0 Å². The minimum Gasteiger partial charge on any atom is -0.354 e. The van der Waals surface area contributed by atoms with Crippen LogP contribution in [0.5, 0.6) is 0 Å². The van der Waals surface area contributed by atoms with Crippen LogP contribution in [0.25, 0.3) is 44.6 Å². The van der Waals surface area contributed by atoms with Gasteiger partial charge in [0.25, 0.3) is 0 Å². The summed E-state index contributed by atoms with van der Waals surface area (Å²) >= 11 is 0. The Bertz CT molecular complexity index is 8830. The molecule has 0 saturated carbocycles. The number of aryl methyl sites for hydroxylation is 1. The number of hydrogen-bond acceptors (Lipinski definition) is 0. The van der Waals surface area contributed by atoms with Crippen LogP contribution in [0, 0.1) is 240 Å². The fourth-order valence-corrected chi connectivity index (χ4v) is 22.5. The smallest absolute Gasteiger partial charge is 0.347 e. The number of H-pyrrole nitrogens is 5. The zero-order valence-corrected chi connectivity index (χ0v) is 66.4. The number of nitrogens with zero attached hydrogens (tertiary/aromatic N) is 3. The van der Waals surface area contributed by atoms with E-state index in [1.54, 1.807) is 0 Å². The van der Waals surface area contributed by atoms with Crippen LogP contribution in [0.3, 0.4) is 0 Å². The van der Waals surface area contributed by atoms with Crippen molar-refractivity contribution in [2.24, 2.45) is 0 Å². The first-order chi connectivity index (χ1) is 65.1. The molecule has 1 atom stereocenters. The lowest BCUT2D eigenvalue weighted by molar-refractivity contribution is 0.376. The van der Waals surface area contributed by atoms with Gasteiger partial charge < -0.3 is 24.9 Å². The van der Waals surface area contributed by atoms with Gasteiger partial charge in [0.15, 0.2) is 191 Å². The Kier molecular flexibility index (Phi) is 20.0. The quantitative estimate of drug-likeness (QED) is 0.0434. The number of aromatic nitrogens is 8. The van der Waals surface area contributed by atoms with Crippen LogP contribution >= 0.6 is 7.71 Å². The maximum atomic E-state index is 18.3. The average molecular weight is 1990 g/mol. The Morgan fingerprint density at radius 3 is 0.623 bits per heavy atom. The zero-order chi connectivity index (χ0) is 99.4. The topological polar surface area (TPSA) is 93.7 Å². The van der Waals surface area contributed by atoms with Crippen LogP contribution in [0.4, 0.5) is 176 Å². The number of rotatable bonds is 8. The molecule has 8 aromatic heterocycles. The lowest BCUT2D eigenvalue weighted by Crippen LogP contribution is -2.54. The fraction of sp³-hybridized carbons (Fsp3) is 0.0112. The highest BCUT2D eigenvalue weighted by atomic mass is 31.2. The van der Waals surface area contributed by atoms with Gasteiger partial charge in [0.2, 0.25) is 46.5 Å². The molecule has 10 bridgehead atoms. The summed E-state index contributed by atoms with van der Waals surface area (Å²) in [4.78, 5) is 10.5. The summed E-state index contributed by atoms with van der Waals surface area (Å²) in [5, 5.41) is -14.2. The van der Waals surface area contributed by atoms with Crippen molar-refractivity contribution >= 4 is 57.6 Å². The maximum Gasteiger partial charge on any atom is 0.347 e. The Hall–Kier alpha value is -15.4. The molecule has 0 radical (unpaired) electrons. The van der Waals surface area contributed by atoms with Gasteiger partial charge in [0.05, 0.1) is 94.4 Å². The second-order valence-electron chi connectivity index (χ2n) is 30.4. The van der Waals surface area contributed by atoms with Crippen molar-refractivity contribution < 1.29 is 176 Å². The van der Waals surface area contributed by atoms with Crippen LogP contribution < -0.4 is 48.1 Å². The molecule has 0 aliphatic carbocycles. The van der Waals surface area contributed by atoms with Crippen LogP contribution in [0.15, 0.2) is 84.9 Å². The third-order valence-electron chi connectivity index (χ3n) is 23.5. The molecule has 49 heteroatoms. The molecule has 12 heterocycles. The Balaban J connectivity index is 1.14. The van der Waals surface area contributed by atoms with E-state index in [9.17, 15) is 0 Å². The highest BCUT2D eigenvalue weighted by molar-refractivity contribution is 7.79. The third-order valence-corrected chi connectivity index (χ3v) is 27.4. The van der Waals surface area contributed by atoms with E-state index < -0.39 is 429 Å². The first-order valence-electron chi connectivity index (χ1n) is 37.8. The van der Waals surface area contributed by atoms with E-state index in [1.165, 1.54) is 0 Å². The van der Waals surface area contributed by atoms with Crippen LogP contribution in [-0.2, 0) is 0 Å². The van der Waals surface area contributed by atoms with Crippen molar-refractivity contribution in [1.29, 1.82) is 0 Å². The lowest BCUT2D eigenvalue weighted by Gasteiger charge is -2.40. The molecule has 16 aromatic rings. The summed E-state index contributed by atoms with van der Waals surface area (Å²) in [6.45, 7) is 0.540. The SMILES string of the molecule is Cc1cc2[nH]c1/C(c1c(F)c(F)c(F)c(F)c1F)=c1/ccc3n1[P+]14c5cc([nH]c5C(c5c(F)c(F)c(F)c(F)c5F)=c5ccc(n51)=C(c1c(F)c(F)c(F)c(F)c1F)c1ccc(n14)C=3c1c(F)c(F)c(F)c(F)c1F)/C(c1c(F)c(F)c(F)c(F)c1F)=c1/cc/c([nH]1)=C(\c1c(F)c(F)c(F)c(F)c1F)c1ccc([nH]1)/C(c1c(F)c(F)c(F)c(F)c1F)=c1/cc/c([nH]1)=C/2c1c(F)c(F)c(F)c(F)c1F. The Labute approximate surface area is 731 Å². The highest BCUT2D eigenvalue weighted by Crippen LogP contribution is 2.67. The van der Waals surface area contributed by atoms with Crippen LogP contribution in [0.2, 0.25) is 0 Å². The van der Waals surface area contributed by atoms with E-state index in [0.717, 1.165) is 0 Å². The third kappa shape index (κ3) is 11.5.